The Morgan fingerprint density at radius 3 is 2.37 bits per heavy atom. The van der Waals surface area contributed by atoms with Crippen molar-refractivity contribution in [3.63, 3.8) is 0 Å². The Labute approximate surface area is 176 Å². The van der Waals surface area contributed by atoms with Gasteiger partial charge in [-0.2, -0.15) is 0 Å². The molecular weight excluding hydrogens is 387 g/mol. The quantitative estimate of drug-likeness (QED) is 0.788. The van der Waals surface area contributed by atoms with Crippen LogP contribution in [-0.4, -0.2) is 50.1 Å². The minimum Gasteiger partial charge on any atom is -0.497 e. The minimum absolute atomic E-state index is 0.0211. The molecule has 1 aliphatic rings. The zero-order valence-electron chi connectivity index (χ0n) is 17.6. The molecule has 2 amide bonds. The second-order valence-corrected chi connectivity index (χ2v) is 7.70. The van der Waals surface area contributed by atoms with Gasteiger partial charge in [0.05, 0.1) is 20.1 Å². The molecule has 1 saturated heterocycles. The number of hydrogen-bond donors (Lipinski definition) is 1. The van der Waals surface area contributed by atoms with E-state index in [-0.39, 0.29) is 30.3 Å². The Bertz CT molecular complexity index is 914. The zero-order chi connectivity index (χ0) is 21.8. The molecule has 0 aromatic heterocycles. The number of nitrogens with zero attached hydrogens (tertiary/aromatic N) is 1. The first-order valence-electron chi connectivity index (χ1n) is 9.91. The van der Waals surface area contributed by atoms with E-state index in [1.54, 1.807) is 31.3 Å². The Kier molecular flexibility index (Phi) is 6.59. The van der Waals surface area contributed by atoms with E-state index in [4.69, 9.17) is 9.47 Å². The van der Waals surface area contributed by atoms with E-state index in [0.29, 0.717) is 23.6 Å². The highest BCUT2D eigenvalue weighted by Crippen LogP contribution is 2.40. The van der Waals surface area contributed by atoms with Crippen molar-refractivity contribution in [2.24, 2.45) is 5.92 Å². The van der Waals surface area contributed by atoms with Gasteiger partial charge in [0.2, 0.25) is 5.91 Å². The minimum atomic E-state index is -0.446. The van der Waals surface area contributed by atoms with Crippen LogP contribution in [0.1, 0.15) is 35.7 Å². The number of ether oxygens (including phenoxy) is 2. The number of halogens is 1. The fourth-order valence-corrected chi connectivity index (χ4v) is 3.85. The lowest BCUT2D eigenvalue weighted by atomic mass is 9.87. The summed E-state index contributed by atoms with van der Waals surface area (Å²) in [6.07, 6.45) is 0. The molecule has 30 heavy (non-hydrogen) atoms. The lowest BCUT2D eigenvalue weighted by molar-refractivity contribution is -0.125. The molecule has 0 aliphatic carbocycles. The second-order valence-electron chi connectivity index (χ2n) is 7.70. The predicted octanol–water partition coefficient (Wildman–Crippen LogP) is 3.22. The van der Waals surface area contributed by atoms with E-state index in [1.165, 1.54) is 24.3 Å². The third-order valence-electron chi connectivity index (χ3n) is 5.30. The summed E-state index contributed by atoms with van der Waals surface area (Å²) >= 11 is 0. The van der Waals surface area contributed by atoms with Crippen molar-refractivity contribution in [1.29, 1.82) is 0 Å². The third kappa shape index (κ3) is 4.56. The molecule has 0 radical (unpaired) electrons. The van der Waals surface area contributed by atoms with Crippen LogP contribution in [0.25, 0.3) is 0 Å². The SMILES string of the molecule is COc1ccc(OC)c([C@H]2CN(C(=O)c3ccc(F)cc3)C[C@H]2C(=O)NC(C)C)c1. The highest BCUT2D eigenvalue weighted by molar-refractivity contribution is 5.95. The Morgan fingerprint density at radius 2 is 1.77 bits per heavy atom. The number of nitrogens with one attached hydrogen (secondary N) is 1. The fourth-order valence-electron chi connectivity index (χ4n) is 3.85. The van der Waals surface area contributed by atoms with E-state index >= 15 is 0 Å². The lowest BCUT2D eigenvalue weighted by Crippen LogP contribution is -2.39. The Hall–Kier alpha value is -3.09. The van der Waals surface area contributed by atoms with Gasteiger partial charge in [0.1, 0.15) is 17.3 Å². The molecule has 7 heteroatoms. The van der Waals surface area contributed by atoms with Crippen molar-refractivity contribution in [2.75, 3.05) is 27.3 Å². The largest absolute Gasteiger partial charge is 0.497 e. The summed E-state index contributed by atoms with van der Waals surface area (Å²) in [6.45, 7) is 4.40. The molecule has 3 rings (SSSR count). The molecule has 0 bridgehead atoms. The van der Waals surface area contributed by atoms with Gasteiger partial charge in [-0.25, -0.2) is 4.39 Å². The summed E-state index contributed by atoms with van der Waals surface area (Å²) in [5.41, 5.74) is 1.20. The Morgan fingerprint density at radius 1 is 1.07 bits per heavy atom. The number of carbonyl (C=O) groups excluding carboxylic acids is 2. The lowest BCUT2D eigenvalue weighted by Gasteiger charge is -2.22. The average molecular weight is 414 g/mol. The van der Waals surface area contributed by atoms with Gasteiger partial charge in [-0.05, 0) is 56.3 Å². The number of carbonyl (C=O) groups is 2. The smallest absolute Gasteiger partial charge is 0.253 e. The first kappa shape index (κ1) is 21.6. The van der Waals surface area contributed by atoms with Crippen molar-refractivity contribution < 1.29 is 23.5 Å². The van der Waals surface area contributed by atoms with Gasteiger partial charge >= 0.3 is 0 Å². The Balaban J connectivity index is 1.96. The van der Waals surface area contributed by atoms with Crippen LogP contribution in [0.2, 0.25) is 0 Å². The second kappa shape index (κ2) is 9.15. The highest BCUT2D eigenvalue weighted by Gasteiger charge is 2.42. The van der Waals surface area contributed by atoms with E-state index < -0.39 is 11.7 Å². The maximum absolute atomic E-state index is 13.3. The van der Waals surface area contributed by atoms with Gasteiger partial charge in [-0.1, -0.05) is 0 Å². The number of amides is 2. The number of benzene rings is 2. The molecular formula is C23H27FN2O4. The summed E-state index contributed by atoms with van der Waals surface area (Å²) < 4.78 is 24.1. The molecule has 1 N–H and O–H groups in total. The normalized spacial score (nSPS) is 18.4. The average Bonchev–Trinajstić information content (AvgIpc) is 3.18. The van der Waals surface area contributed by atoms with Crippen molar-refractivity contribution in [3.8, 4) is 11.5 Å². The summed E-state index contributed by atoms with van der Waals surface area (Å²) in [5.74, 6) is -0.176. The molecule has 0 spiro atoms. The van der Waals surface area contributed by atoms with Crippen LogP contribution < -0.4 is 14.8 Å². The van der Waals surface area contributed by atoms with Crippen LogP contribution in [0.3, 0.4) is 0 Å². The maximum atomic E-state index is 13.3. The van der Waals surface area contributed by atoms with Crippen LogP contribution in [-0.2, 0) is 4.79 Å². The topological polar surface area (TPSA) is 67.9 Å². The molecule has 1 fully saturated rings. The molecule has 6 nitrogen and oxygen atoms in total. The first-order valence-corrected chi connectivity index (χ1v) is 9.91. The van der Waals surface area contributed by atoms with Crippen LogP contribution in [0.4, 0.5) is 4.39 Å². The van der Waals surface area contributed by atoms with E-state index in [0.717, 1.165) is 5.56 Å². The third-order valence-corrected chi connectivity index (χ3v) is 5.30. The summed E-state index contributed by atoms with van der Waals surface area (Å²) in [4.78, 5) is 27.6. The predicted molar refractivity (Wildman–Crippen MR) is 111 cm³/mol. The molecule has 2 atom stereocenters. The van der Waals surface area contributed by atoms with Crippen molar-refractivity contribution in [2.45, 2.75) is 25.8 Å². The van der Waals surface area contributed by atoms with Gasteiger partial charge in [0.15, 0.2) is 0 Å². The van der Waals surface area contributed by atoms with Crippen molar-refractivity contribution in [3.05, 3.63) is 59.4 Å². The summed E-state index contributed by atoms with van der Waals surface area (Å²) in [5, 5.41) is 2.96. The monoisotopic (exact) mass is 414 g/mol. The molecule has 0 saturated carbocycles. The molecule has 0 unspecified atom stereocenters. The number of methoxy groups -OCH3 is 2. The van der Waals surface area contributed by atoms with Crippen molar-refractivity contribution >= 4 is 11.8 Å². The molecule has 2 aromatic rings. The van der Waals surface area contributed by atoms with Crippen molar-refractivity contribution in [1.82, 2.24) is 10.2 Å². The van der Waals surface area contributed by atoms with Gasteiger partial charge in [0.25, 0.3) is 5.91 Å². The fraction of sp³-hybridized carbons (Fsp3) is 0.391. The van der Waals surface area contributed by atoms with Gasteiger partial charge < -0.3 is 19.7 Å². The van der Waals surface area contributed by atoms with Gasteiger partial charge in [-0.3, -0.25) is 9.59 Å². The number of rotatable bonds is 6. The zero-order valence-corrected chi connectivity index (χ0v) is 17.6. The molecule has 1 heterocycles. The van der Waals surface area contributed by atoms with E-state index in [9.17, 15) is 14.0 Å². The van der Waals surface area contributed by atoms with Crippen LogP contribution in [0.5, 0.6) is 11.5 Å². The molecule has 2 aromatic carbocycles. The first-order chi connectivity index (χ1) is 14.3. The van der Waals surface area contributed by atoms with Gasteiger partial charge in [0, 0.05) is 36.2 Å². The standard InChI is InChI=1S/C23H27FN2O4/c1-14(2)25-22(27)20-13-26(23(28)15-5-7-16(24)8-6-15)12-19(20)18-11-17(29-3)9-10-21(18)30-4/h5-11,14,19-20H,12-13H2,1-4H3,(H,25,27)/t19-,20-/m1/s1. The summed E-state index contributed by atoms with van der Waals surface area (Å²) in [6, 6.07) is 10.9. The van der Waals surface area contributed by atoms with Crippen LogP contribution >= 0.6 is 0 Å². The molecule has 160 valence electrons. The number of likely N-dealkylation sites (tertiary alicyclic amines) is 1. The van der Waals surface area contributed by atoms with Gasteiger partial charge in [-0.15, -0.1) is 0 Å². The highest BCUT2D eigenvalue weighted by atomic mass is 19.1. The van der Waals surface area contributed by atoms with Crippen LogP contribution in [0, 0.1) is 11.7 Å². The van der Waals surface area contributed by atoms with Crippen LogP contribution in [0.15, 0.2) is 42.5 Å². The molecule has 1 aliphatic heterocycles. The summed E-state index contributed by atoms with van der Waals surface area (Å²) in [7, 11) is 3.15. The van der Waals surface area contributed by atoms with E-state index in [1.807, 2.05) is 19.9 Å². The maximum Gasteiger partial charge on any atom is 0.253 e. The van der Waals surface area contributed by atoms with E-state index in [2.05, 4.69) is 5.32 Å². The number of hydrogen-bond acceptors (Lipinski definition) is 4.